The number of hydrogen-bond donors (Lipinski definition) is 0. The van der Waals surface area contributed by atoms with Gasteiger partial charge in [-0.3, -0.25) is 0 Å². The molecule has 2 rings (SSSR count). The van der Waals surface area contributed by atoms with E-state index in [1.807, 2.05) is 18.2 Å². The van der Waals surface area contributed by atoms with Gasteiger partial charge in [-0.2, -0.15) is 0 Å². The Morgan fingerprint density at radius 3 is 2.67 bits per heavy atom. The molecule has 1 aromatic carbocycles. The van der Waals surface area contributed by atoms with Crippen molar-refractivity contribution in [1.29, 1.82) is 0 Å². The quantitative estimate of drug-likeness (QED) is 0.656. The fourth-order valence-electron chi connectivity index (χ4n) is 1.65. The molecule has 0 unspecified atom stereocenters. The summed E-state index contributed by atoms with van der Waals surface area (Å²) < 4.78 is 5.85. The van der Waals surface area contributed by atoms with Crippen LogP contribution in [0.15, 0.2) is 30.3 Å². The molecule has 0 aliphatic carbocycles. The minimum absolute atomic E-state index is 0.578. The Bertz CT molecular complexity index is 524. The number of rotatable bonds is 5. The first-order chi connectivity index (χ1) is 8.74. The second-order valence-electron chi connectivity index (χ2n) is 3.87. The molecule has 0 amide bonds. The Balaban J connectivity index is 2.10. The molecule has 0 atom stereocenters. The zero-order valence-electron chi connectivity index (χ0n) is 10.1. The average Bonchev–Trinajstić information content (AvgIpc) is 2.85. The highest BCUT2D eigenvalue weighted by Gasteiger charge is 2.08. The predicted molar refractivity (Wildman–Crippen MR) is 82.1 cm³/mol. The van der Waals surface area contributed by atoms with Crippen LogP contribution in [0.4, 0.5) is 0 Å². The summed E-state index contributed by atoms with van der Waals surface area (Å²) in [4.78, 5) is 2.61. The minimum atomic E-state index is 0.578. The van der Waals surface area contributed by atoms with Crippen LogP contribution in [0.5, 0.6) is 5.75 Å². The molecule has 4 heteroatoms. The SMILES string of the molecule is CCc1ccc(COc2c(Cl)cccc2CBr)s1. The Morgan fingerprint density at radius 2 is 2.00 bits per heavy atom. The highest BCUT2D eigenvalue weighted by Crippen LogP contribution is 2.31. The van der Waals surface area contributed by atoms with Gasteiger partial charge in [0.05, 0.1) is 5.02 Å². The molecule has 0 fully saturated rings. The van der Waals surface area contributed by atoms with E-state index in [4.69, 9.17) is 16.3 Å². The topological polar surface area (TPSA) is 9.23 Å². The highest BCUT2D eigenvalue weighted by atomic mass is 79.9. The van der Waals surface area contributed by atoms with Crippen molar-refractivity contribution < 1.29 is 4.74 Å². The molecular formula is C14H14BrClOS. The number of ether oxygens (including phenoxy) is 1. The van der Waals surface area contributed by atoms with Gasteiger partial charge in [-0.25, -0.2) is 0 Å². The molecule has 0 radical (unpaired) electrons. The van der Waals surface area contributed by atoms with Gasteiger partial charge in [0.25, 0.3) is 0 Å². The smallest absolute Gasteiger partial charge is 0.142 e. The Morgan fingerprint density at radius 1 is 1.22 bits per heavy atom. The van der Waals surface area contributed by atoms with E-state index in [1.165, 1.54) is 9.75 Å². The van der Waals surface area contributed by atoms with Crippen molar-refractivity contribution in [3.63, 3.8) is 0 Å². The second kappa shape index (κ2) is 6.60. The first kappa shape index (κ1) is 13.9. The van der Waals surface area contributed by atoms with Gasteiger partial charge in [0.2, 0.25) is 0 Å². The molecule has 0 saturated heterocycles. The van der Waals surface area contributed by atoms with E-state index in [0.29, 0.717) is 11.6 Å². The van der Waals surface area contributed by atoms with Crippen molar-refractivity contribution in [2.45, 2.75) is 25.3 Å². The number of benzene rings is 1. The van der Waals surface area contributed by atoms with Gasteiger partial charge in [0.1, 0.15) is 12.4 Å². The monoisotopic (exact) mass is 344 g/mol. The predicted octanol–water partition coefficient (Wildman–Crippen LogP) is 5.44. The van der Waals surface area contributed by atoms with Gasteiger partial charge in [-0.15, -0.1) is 11.3 Å². The summed E-state index contributed by atoms with van der Waals surface area (Å²) >= 11 is 11.4. The number of hydrogen-bond acceptors (Lipinski definition) is 2. The van der Waals surface area contributed by atoms with Gasteiger partial charge >= 0.3 is 0 Å². The van der Waals surface area contributed by atoms with Crippen molar-refractivity contribution in [2.24, 2.45) is 0 Å². The molecule has 0 aliphatic rings. The molecule has 0 saturated carbocycles. The van der Waals surface area contributed by atoms with Crippen molar-refractivity contribution in [1.82, 2.24) is 0 Å². The third-order valence-electron chi connectivity index (χ3n) is 2.62. The molecule has 0 bridgehead atoms. The maximum Gasteiger partial charge on any atom is 0.142 e. The molecule has 0 N–H and O–H groups in total. The van der Waals surface area contributed by atoms with Gasteiger partial charge in [-0.1, -0.05) is 46.6 Å². The van der Waals surface area contributed by atoms with E-state index in [-0.39, 0.29) is 0 Å². The number of thiophene rings is 1. The summed E-state index contributed by atoms with van der Waals surface area (Å²) in [5, 5.41) is 1.41. The first-order valence-electron chi connectivity index (χ1n) is 5.78. The van der Waals surface area contributed by atoms with Gasteiger partial charge in [0.15, 0.2) is 0 Å². The highest BCUT2D eigenvalue weighted by molar-refractivity contribution is 9.08. The zero-order valence-corrected chi connectivity index (χ0v) is 13.2. The van der Waals surface area contributed by atoms with Crippen LogP contribution in [0.2, 0.25) is 5.02 Å². The molecule has 0 spiro atoms. The number of aryl methyl sites for hydroxylation is 1. The van der Waals surface area contributed by atoms with Crippen molar-refractivity contribution in [3.05, 3.63) is 50.7 Å². The van der Waals surface area contributed by atoms with E-state index in [2.05, 4.69) is 35.0 Å². The summed E-state index contributed by atoms with van der Waals surface area (Å²) in [7, 11) is 0. The summed E-state index contributed by atoms with van der Waals surface area (Å²) in [5.41, 5.74) is 1.08. The third kappa shape index (κ3) is 3.28. The number of alkyl halides is 1. The molecule has 0 aliphatic heterocycles. The van der Waals surface area contributed by atoms with Crippen LogP contribution >= 0.6 is 38.9 Å². The van der Waals surface area contributed by atoms with Gasteiger partial charge in [0, 0.05) is 20.6 Å². The first-order valence-corrected chi connectivity index (χ1v) is 8.10. The zero-order chi connectivity index (χ0) is 13.0. The van der Waals surface area contributed by atoms with Crippen LogP contribution in [0.1, 0.15) is 22.2 Å². The minimum Gasteiger partial charge on any atom is -0.486 e. The Hall–Kier alpha value is -0.510. The van der Waals surface area contributed by atoms with E-state index in [9.17, 15) is 0 Å². The Kier molecular flexibility index (Phi) is 5.10. The van der Waals surface area contributed by atoms with Crippen molar-refractivity contribution in [3.8, 4) is 5.75 Å². The molecular weight excluding hydrogens is 332 g/mol. The van der Waals surface area contributed by atoms with Crippen molar-refractivity contribution in [2.75, 3.05) is 0 Å². The fourth-order valence-corrected chi connectivity index (χ4v) is 3.21. The second-order valence-corrected chi connectivity index (χ2v) is 6.09. The summed E-state index contributed by atoms with van der Waals surface area (Å²) in [5.74, 6) is 0.780. The largest absolute Gasteiger partial charge is 0.486 e. The van der Waals surface area contributed by atoms with Crippen LogP contribution in [-0.2, 0) is 18.4 Å². The Labute approximate surface area is 125 Å². The van der Waals surface area contributed by atoms with E-state index in [0.717, 1.165) is 23.1 Å². The van der Waals surface area contributed by atoms with Gasteiger partial charge < -0.3 is 4.74 Å². The standard InChI is InChI=1S/C14H14BrClOS/c1-2-11-6-7-12(18-11)9-17-14-10(8-15)4-3-5-13(14)16/h3-7H,2,8-9H2,1H3. The molecule has 1 aromatic heterocycles. The van der Waals surface area contributed by atoms with Crippen LogP contribution < -0.4 is 4.74 Å². The lowest BCUT2D eigenvalue weighted by Crippen LogP contribution is -1.96. The summed E-state index contributed by atoms with van der Waals surface area (Å²) in [6.07, 6.45) is 1.07. The molecule has 18 heavy (non-hydrogen) atoms. The van der Waals surface area contributed by atoms with Gasteiger partial charge in [-0.05, 0) is 24.6 Å². The third-order valence-corrected chi connectivity index (χ3v) is 4.72. The fraction of sp³-hybridized carbons (Fsp3) is 0.286. The molecule has 1 nitrogen and oxygen atoms in total. The van der Waals surface area contributed by atoms with Crippen LogP contribution in [-0.4, -0.2) is 0 Å². The van der Waals surface area contributed by atoms with Crippen LogP contribution in [0, 0.1) is 0 Å². The maximum atomic E-state index is 6.16. The molecule has 2 aromatic rings. The molecule has 1 heterocycles. The van der Waals surface area contributed by atoms with E-state index in [1.54, 1.807) is 11.3 Å². The van der Waals surface area contributed by atoms with Crippen molar-refractivity contribution >= 4 is 38.9 Å². The molecule has 96 valence electrons. The van der Waals surface area contributed by atoms with Crippen LogP contribution in [0.3, 0.4) is 0 Å². The van der Waals surface area contributed by atoms with Crippen LogP contribution in [0.25, 0.3) is 0 Å². The lowest BCUT2D eigenvalue weighted by molar-refractivity contribution is 0.307. The van der Waals surface area contributed by atoms with E-state index < -0.39 is 0 Å². The average molecular weight is 346 g/mol. The maximum absolute atomic E-state index is 6.16. The lowest BCUT2D eigenvalue weighted by atomic mass is 10.2. The number of halogens is 2. The summed E-state index contributed by atoms with van der Waals surface area (Å²) in [6.45, 7) is 2.74. The summed E-state index contributed by atoms with van der Waals surface area (Å²) in [6, 6.07) is 10.1. The lowest BCUT2D eigenvalue weighted by Gasteiger charge is -2.10. The van der Waals surface area contributed by atoms with E-state index >= 15 is 0 Å². The number of para-hydroxylation sites is 1. The normalized spacial score (nSPS) is 10.6.